The summed E-state index contributed by atoms with van der Waals surface area (Å²) in [5, 5.41) is 0. The smallest absolute Gasteiger partial charge is 0.306 e. The third-order valence-electron chi connectivity index (χ3n) is 9.32. The van der Waals surface area contributed by atoms with Gasteiger partial charge in [-0.3, -0.25) is 14.2 Å². The molecule has 0 heterocycles. The number of phosphoric acid groups is 1. The van der Waals surface area contributed by atoms with Crippen LogP contribution in [0.4, 0.5) is 0 Å². The lowest BCUT2D eigenvalue weighted by Gasteiger charge is -2.28. The maximum absolute atomic E-state index is 12.7. The quantitative estimate of drug-likeness (QED) is 0.0198. The molecule has 0 fully saturated rings. The third kappa shape index (κ3) is 41.6. The lowest BCUT2D eigenvalue weighted by molar-refractivity contribution is -0.870. The van der Waals surface area contributed by atoms with E-state index in [9.17, 15) is 19.0 Å². The maximum Gasteiger partial charge on any atom is 0.306 e. The second-order valence-electron chi connectivity index (χ2n) is 16.1. The van der Waals surface area contributed by atoms with Crippen LogP contribution >= 0.6 is 7.82 Å². The van der Waals surface area contributed by atoms with Crippen LogP contribution in [0.15, 0.2) is 48.6 Å². The van der Waals surface area contributed by atoms with Crippen molar-refractivity contribution in [1.82, 2.24) is 0 Å². The molecular weight excluding hydrogens is 725 g/mol. The van der Waals surface area contributed by atoms with E-state index < -0.39 is 32.5 Å². The molecular formula is C46H84NO8P. The standard InChI is InChI=1S/C46H84NO8P/c1-6-8-10-12-14-16-18-20-22-23-25-27-29-31-33-35-37-39-46(49)55-44(43-54-56(50,51)53-41-40-47(3,4)5)42-52-45(48)38-36-34-32-30-28-26-24-21-19-17-15-13-11-9-7-2/h15,17,21,24-25,27,31,33,44H,6-14,16,18-20,22-23,26,28-30,32,34-43H2,1-5H3/b17-15+,24-21+,27-25+,33-31+/t44-/m1/s1. The molecule has 0 rings (SSSR count). The van der Waals surface area contributed by atoms with Crippen molar-refractivity contribution in [2.75, 3.05) is 47.5 Å². The SMILES string of the molecule is CCCCC/C=C/C/C=C/CCCCCCCC(=O)OC[C@H](COP(=O)([O-])OCC[N+](C)(C)C)OC(=O)CCC/C=C/C/C=C/CCCCCCCCCCC. The number of nitrogens with zero attached hydrogens (tertiary/aromatic N) is 1. The molecule has 0 saturated heterocycles. The minimum absolute atomic E-state index is 0.0418. The number of unbranched alkanes of at least 4 members (excludes halogenated alkanes) is 18. The molecule has 0 aromatic heterocycles. The van der Waals surface area contributed by atoms with Crippen molar-refractivity contribution in [2.45, 2.75) is 187 Å². The Bertz CT molecular complexity index is 1100. The van der Waals surface area contributed by atoms with Gasteiger partial charge in [0.1, 0.15) is 19.8 Å². The Balaban J connectivity index is 4.45. The van der Waals surface area contributed by atoms with E-state index in [-0.39, 0.29) is 26.1 Å². The molecule has 326 valence electrons. The molecule has 0 aromatic rings. The Morgan fingerprint density at radius 1 is 0.554 bits per heavy atom. The summed E-state index contributed by atoms with van der Waals surface area (Å²) in [6, 6.07) is 0. The summed E-state index contributed by atoms with van der Waals surface area (Å²) < 4.78 is 33.8. The van der Waals surface area contributed by atoms with Gasteiger partial charge >= 0.3 is 11.9 Å². The summed E-state index contributed by atoms with van der Waals surface area (Å²) in [6.45, 7) is 4.13. The number of hydrogen-bond donors (Lipinski definition) is 0. The number of likely N-dealkylation sites (N-methyl/N-ethyl adjacent to an activating group) is 1. The highest BCUT2D eigenvalue weighted by atomic mass is 31.2. The van der Waals surface area contributed by atoms with Crippen molar-refractivity contribution >= 4 is 19.8 Å². The fraction of sp³-hybridized carbons (Fsp3) is 0.783. The minimum Gasteiger partial charge on any atom is -0.756 e. The highest BCUT2D eigenvalue weighted by Gasteiger charge is 2.21. The van der Waals surface area contributed by atoms with Crippen molar-refractivity contribution in [3.05, 3.63) is 48.6 Å². The molecule has 0 aliphatic rings. The van der Waals surface area contributed by atoms with Gasteiger partial charge in [-0.1, -0.05) is 146 Å². The van der Waals surface area contributed by atoms with Crippen LogP contribution in [0.25, 0.3) is 0 Å². The number of quaternary nitrogens is 1. The van der Waals surface area contributed by atoms with E-state index in [0.29, 0.717) is 23.9 Å². The van der Waals surface area contributed by atoms with Crippen LogP contribution in [0.5, 0.6) is 0 Å². The number of allylic oxidation sites excluding steroid dienone is 8. The normalized spacial score (nSPS) is 14.0. The highest BCUT2D eigenvalue weighted by molar-refractivity contribution is 7.45. The van der Waals surface area contributed by atoms with Crippen LogP contribution in [0, 0.1) is 0 Å². The van der Waals surface area contributed by atoms with Gasteiger partial charge in [-0.2, -0.15) is 0 Å². The molecule has 0 saturated carbocycles. The summed E-state index contributed by atoms with van der Waals surface area (Å²) in [5.41, 5.74) is 0. The zero-order chi connectivity index (χ0) is 41.4. The molecule has 0 aromatic carbocycles. The molecule has 0 spiro atoms. The van der Waals surface area contributed by atoms with E-state index in [2.05, 4.69) is 62.5 Å². The summed E-state index contributed by atoms with van der Waals surface area (Å²) in [6.07, 6.45) is 44.3. The van der Waals surface area contributed by atoms with Crippen molar-refractivity contribution in [2.24, 2.45) is 0 Å². The van der Waals surface area contributed by atoms with Gasteiger partial charge in [0.15, 0.2) is 6.10 Å². The first kappa shape index (κ1) is 54.0. The Morgan fingerprint density at radius 2 is 0.982 bits per heavy atom. The topological polar surface area (TPSA) is 111 Å². The molecule has 0 N–H and O–H groups in total. The average Bonchev–Trinajstić information content (AvgIpc) is 3.15. The van der Waals surface area contributed by atoms with Gasteiger partial charge < -0.3 is 27.9 Å². The number of esters is 2. The first-order chi connectivity index (χ1) is 27.0. The number of hydrogen-bond acceptors (Lipinski definition) is 8. The fourth-order valence-corrected chi connectivity index (χ4v) is 6.51. The van der Waals surface area contributed by atoms with Crippen molar-refractivity contribution in [3.63, 3.8) is 0 Å². The van der Waals surface area contributed by atoms with Gasteiger partial charge in [0, 0.05) is 12.8 Å². The van der Waals surface area contributed by atoms with E-state index in [1.54, 1.807) is 0 Å². The molecule has 0 aliphatic carbocycles. The minimum atomic E-state index is -4.64. The predicted octanol–water partition coefficient (Wildman–Crippen LogP) is 12.1. The molecule has 0 bridgehead atoms. The average molecular weight is 810 g/mol. The maximum atomic E-state index is 12.7. The van der Waals surface area contributed by atoms with Crippen molar-refractivity contribution < 1.29 is 42.1 Å². The lowest BCUT2D eigenvalue weighted by Crippen LogP contribution is -2.37. The van der Waals surface area contributed by atoms with Gasteiger partial charge in [0.05, 0.1) is 27.7 Å². The van der Waals surface area contributed by atoms with Crippen LogP contribution in [0.1, 0.15) is 181 Å². The van der Waals surface area contributed by atoms with E-state index in [4.69, 9.17) is 18.5 Å². The van der Waals surface area contributed by atoms with Crippen LogP contribution < -0.4 is 4.89 Å². The van der Waals surface area contributed by atoms with E-state index in [1.807, 2.05) is 21.1 Å². The van der Waals surface area contributed by atoms with Crippen LogP contribution in [-0.4, -0.2) is 70.0 Å². The monoisotopic (exact) mass is 810 g/mol. The molecule has 0 aliphatic heterocycles. The van der Waals surface area contributed by atoms with E-state index in [0.717, 1.165) is 57.8 Å². The number of ether oxygens (including phenoxy) is 2. The van der Waals surface area contributed by atoms with E-state index >= 15 is 0 Å². The molecule has 10 heteroatoms. The van der Waals surface area contributed by atoms with Gasteiger partial charge in [-0.15, -0.1) is 0 Å². The Kier molecular flexibility index (Phi) is 37.1. The van der Waals surface area contributed by atoms with E-state index in [1.165, 1.54) is 83.5 Å². The Morgan fingerprint density at radius 3 is 1.50 bits per heavy atom. The zero-order valence-corrected chi connectivity index (χ0v) is 37.5. The van der Waals surface area contributed by atoms with Gasteiger partial charge in [0.2, 0.25) is 0 Å². The second-order valence-corrected chi connectivity index (χ2v) is 17.5. The molecule has 56 heavy (non-hydrogen) atoms. The second kappa shape index (κ2) is 38.5. The zero-order valence-electron chi connectivity index (χ0n) is 36.6. The Labute approximate surface area is 343 Å². The highest BCUT2D eigenvalue weighted by Crippen LogP contribution is 2.38. The first-order valence-corrected chi connectivity index (χ1v) is 23.8. The van der Waals surface area contributed by atoms with Crippen molar-refractivity contribution in [1.29, 1.82) is 0 Å². The largest absolute Gasteiger partial charge is 0.756 e. The molecule has 9 nitrogen and oxygen atoms in total. The summed E-state index contributed by atoms with van der Waals surface area (Å²) in [5.74, 6) is -0.905. The number of rotatable bonds is 40. The Hall–Kier alpha value is -2.03. The molecule has 2 atom stereocenters. The molecule has 1 unspecified atom stereocenters. The van der Waals surface area contributed by atoms with Gasteiger partial charge in [0.25, 0.3) is 7.82 Å². The van der Waals surface area contributed by atoms with Crippen LogP contribution in [0.3, 0.4) is 0 Å². The summed E-state index contributed by atoms with van der Waals surface area (Å²) in [7, 11) is 1.13. The lowest BCUT2D eigenvalue weighted by atomic mass is 10.1. The first-order valence-electron chi connectivity index (χ1n) is 22.3. The summed E-state index contributed by atoms with van der Waals surface area (Å²) >= 11 is 0. The van der Waals surface area contributed by atoms with Gasteiger partial charge in [-0.25, -0.2) is 0 Å². The number of carbonyl (C=O) groups is 2. The third-order valence-corrected chi connectivity index (χ3v) is 10.3. The van der Waals surface area contributed by atoms with Crippen molar-refractivity contribution in [3.8, 4) is 0 Å². The number of phosphoric ester groups is 1. The molecule has 0 amide bonds. The summed E-state index contributed by atoms with van der Waals surface area (Å²) in [4.78, 5) is 37.5. The van der Waals surface area contributed by atoms with Crippen LogP contribution in [-0.2, 0) is 32.7 Å². The van der Waals surface area contributed by atoms with Crippen LogP contribution in [0.2, 0.25) is 0 Å². The van der Waals surface area contributed by atoms with Gasteiger partial charge in [-0.05, 0) is 70.6 Å². The predicted molar refractivity (Wildman–Crippen MR) is 231 cm³/mol. The number of carbonyl (C=O) groups excluding carboxylic acids is 2. The fourth-order valence-electron chi connectivity index (χ4n) is 5.78. The molecule has 0 radical (unpaired) electrons.